The van der Waals surface area contributed by atoms with E-state index in [0.717, 1.165) is 34.2 Å². The van der Waals surface area contributed by atoms with Crippen LogP contribution in [0.1, 0.15) is 23.3 Å². The van der Waals surface area contributed by atoms with Crippen LogP contribution in [0.3, 0.4) is 0 Å². The minimum Gasteiger partial charge on any atom is -0.324 e. The summed E-state index contributed by atoms with van der Waals surface area (Å²) in [6.45, 7) is -0.230. The molecule has 1 aliphatic carbocycles. The molecule has 0 fully saturated rings. The van der Waals surface area contributed by atoms with Crippen molar-refractivity contribution in [1.29, 1.82) is 0 Å². The van der Waals surface area contributed by atoms with Gasteiger partial charge in [-0.15, -0.1) is 16.4 Å². The number of fused-ring (bicyclic) bond motifs is 5. The summed E-state index contributed by atoms with van der Waals surface area (Å²) < 4.78 is 15.5. The van der Waals surface area contributed by atoms with Crippen LogP contribution in [0.25, 0.3) is 15.9 Å². The highest BCUT2D eigenvalue weighted by Crippen LogP contribution is 2.36. The Morgan fingerprint density at radius 2 is 2.00 bits per heavy atom. The minimum atomic E-state index is -0.409. The lowest BCUT2D eigenvalue weighted by atomic mass is 9.97. The number of hydrogen-bond acceptors (Lipinski definition) is 5. The van der Waals surface area contributed by atoms with E-state index in [0.29, 0.717) is 11.3 Å². The number of aryl methyl sites for hydroxylation is 2. The van der Waals surface area contributed by atoms with Crippen LogP contribution < -0.4 is 11.0 Å². The van der Waals surface area contributed by atoms with Gasteiger partial charge in [0, 0.05) is 10.6 Å². The second kappa shape index (κ2) is 6.52. The van der Waals surface area contributed by atoms with Gasteiger partial charge in [-0.1, -0.05) is 0 Å². The van der Waals surface area contributed by atoms with Crippen LogP contribution in [0.15, 0.2) is 35.4 Å². The van der Waals surface area contributed by atoms with E-state index in [-0.39, 0.29) is 12.4 Å². The molecule has 142 valence electrons. The number of carbonyl (C=O) groups is 1. The SMILES string of the molecule is O=C(Cn1nc2c3c4c(sc3ncn2c1=O)CCCC4)Nc1ccc(F)cc1. The molecular formula is C19H16FN5O2S. The first kappa shape index (κ1) is 17.1. The third-order valence-electron chi connectivity index (χ3n) is 4.96. The number of aromatic nitrogens is 4. The number of hydrogen-bond donors (Lipinski definition) is 1. The first-order valence-corrected chi connectivity index (χ1v) is 9.85. The van der Waals surface area contributed by atoms with Gasteiger partial charge in [0.25, 0.3) is 0 Å². The fraction of sp³-hybridized carbons (Fsp3) is 0.263. The van der Waals surface area contributed by atoms with Gasteiger partial charge in [0.1, 0.15) is 23.5 Å². The molecule has 0 spiro atoms. The van der Waals surface area contributed by atoms with E-state index in [1.54, 1.807) is 11.3 Å². The van der Waals surface area contributed by atoms with Crippen LogP contribution in [-0.2, 0) is 24.2 Å². The summed E-state index contributed by atoms with van der Waals surface area (Å²) in [6.07, 6.45) is 5.76. The lowest BCUT2D eigenvalue weighted by Crippen LogP contribution is -2.28. The fourth-order valence-corrected chi connectivity index (χ4v) is 4.87. The van der Waals surface area contributed by atoms with E-state index in [1.165, 1.54) is 51.9 Å². The summed E-state index contributed by atoms with van der Waals surface area (Å²) in [7, 11) is 0. The number of anilines is 1. The highest BCUT2D eigenvalue weighted by Gasteiger charge is 2.22. The van der Waals surface area contributed by atoms with Gasteiger partial charge >= 0.3 is 5.69 Å². The van der Waals surface area contributed by atoms with Crippen molar-refractivity contribution >= 4 is 38.8 Å². The van der Waals surface area contributed by atoms with Crippen molar-refractivity contribution in [3.63, 3.8) is 0 Å². The van der Waals surface area contributed by atoms with Crippen LogP contribution in [0.5, 0.6) is 0 Å². The second-order valence-corrected chi connectivity index (χ2v) is 7.91. The Bertz CT molecular complexity index is 1270. The van der Waals surface area contributed by atoms with Gasteiger partial charge in [0.15, 0.2) is 5.65 Å². The van der Waals surface area contributed by atoms with Crippen molar-refractivity contribution in [3.8, 4) is 0 Å². The van der Waals surface area contributed by atoms with Gasteiger partial charge in [-0.25, -0.2) is 23.3 Å². The summed E-state index contributed by atoms with van der Waals surface area (Å²) in [4.78, 5) is 31.6. The molecule has 3 aromatic heterocycles. The maximum atomic E-state index is 13.0. The molecule has 0 saturated carbocycles. The predicted octanol–water partition coefficient (Wildman–Crippen LogP) is 2.76. The number of amides is 1. The lowest BCUT2D eigenvalue weighted by Gasteiger charge is -2.09. The Labute approximate surface area is 162 Å². The largest absolute Gasteiger partial charge is 0.352 e. The molecule has 1 N–H and O–H groups in total. The number of rotatable bonds is 3. The van der Waals surface area contributed by atoms with Gasteiger partial charge in [-0.2, -0.15) is 0 Å². The Balaban J connectivity index is 1.51. The molecule has 9 heteroatoms. The highest BCUT2D eigenvalue weighted by molar-refractivity contribution is 7.19. The third kappa shape index (κ3) is 2.78. The molecule has 4 aromatic rings. The van der Waals surface area contributed by atoms with Crippen molar-refractivity contribution < 1.29 is 9.18 Å². The summed E-state index contributed by atoms with van der Waals surface area (Å²) in [5.41, 5.74) is 1.83. The number of carbonyl (C=O) groups excluding carboxylic acids is 1. The van der Waals surface area contributed by atoms with Gasteiger partial charge < -0.3 is 5.32 Å². The molecule has 1 amide bonds. The molecule has 0 radical (unpaired) electrons. The number of nitrogens with zero attached hydrogens (tertiary/aromatic N) is 4. The van der Waals surface area contributed by atoms with Gasteiger partial charge in [-0.05, 0) is 55.5 Å². The highest BCUT2D eigenvalue weighted by atomic mass is 32.1. The smallest absolute Gasteiger partial charge is 0.324 e. The number of nitrogens with one attached hydrogen (secondary N) is 1. The molecule has 1 aromatic carbocycles. The third-order valence-corrected chi connectivity index (χ3v) is 6.16. The van der Waals surface area contributed by atoms with Gasteiger partial charge in [0.2, 0.25) is 5.91 Å². The quantitative estimate of drug-likeness (QED) is 0.576. The van der Waals surface area contributed by atoms with Crippen molar-refractivity contribution in [2.75, 3.05) is 5.32 Å². The normalized spacial score (nSPS) is 13.8. The molecule has 0 bridgehead atoms. The number of halogens is 1. The maximum absolute atomic E-state index is 13.0. The van der Waals surface area contributed by atoms with Crippen LogP contribution in [-0.4, -0.2) is 25.1 Å². The van der Waals surface area contributed by atoms with E-state index >= 15 is 0 Å². The summed E-state index contributed by atoms with van der Waals surface area (Å²) in [5.74, 6) is -0.793. The second-order valence-electron chi connectivity index (χ2n) is 6.82. The van der Waals surface area contributed by atoms with Crippen molar-refractivity contribution in [2.24, 2.45) is 0 Å². The summed E-state index contributed by atoms with van der Waals surface area (Å²) >= 11 is 1.66. The summed E-state index contributed by atoms with van der Waals surface area (Å²) in [5, 5.41) is 8.00. The average Bonchev–Trinajstić information content (AvgIpc) is 3.21. The van der Waals surface area contributed by atoms with Crippen LogP contribution >= 0.6 is 11.3 Å². The molecule has 0 atom stereocenters. The minimum absolute atomic E-state index is 0.230. The average molecular weight is 397 g/mol. The van der Waals surface area contributed by atoms with Crippen molar-refractivity contribution in [1.82, 2.24) is 19.2 Å². The Hall–Kier alpha value is -3.07. The zero-order valence-corrected chi connectivity index (χ0v) is 15.6. The topological polar surface area (TPSA) is 81.3 Å². The number of thiophene rings is 1. The molecule has 0 saturated heterocycles. The van der Waals surface area contributed by atoms with E-state index in [2.05, 4.69) is 15.4 Å². The van der Waals surface area contributed by atoms with Crippen molar-refractivity contribution in [3.05, 3.63) is 57.3 Å². The molecule has 0 unspecified atom stereocenters. The molecule has 5 rings (SSSR count). The van der Waals surface area contributed by atoms with E-state index < -0.39 is 11.6 Å². The zero-order chi connectivity index (χ0) is 19.3. The number of benzene rings is 1. The lowest BCUT2D eigenvalue weighted by molar-refractivity contribution is -0.117. The van der Waals surface area contributed by atoms with Crippen LogP contribution in [0.4, 0.5) is 10.1 Å². The van der Waals surface area contributed by atoms with E-state index in [9.17, 15) is 14.0 Å². The Morgan fingerprint density at radius 3 is 2.82 bits per heavy atom. The molecule has 0 aliphatic heterocycles. The monoisotopic (exact) mass is 397 g/mol. The van der Waals surface area contributed by atoms with Gasteiger partial charge in [0.05, 0.1) is 5.39 Å². The van der Waals surface area contributed by atoms with Gasteiger partial charge in [-0.3, -0.25) is 4.79 Å². The molecular weight excluding hydrogens is 381 g/mol. The Morgan fingerprint density at radius 1 is 1.21 bits per heavy atom. The van der Waals surface area contributed by atoms with E-state index in [1.807, 2.05) is 0 Å². The fourth-order valence-electron chi connectivity index (χ4n) is 3.65. The van der Waals surface area contributed by atoms with E-state index in [4.69, 9.17) is 0 Å². The van der Waals surface area contributed by atoms with Crippen LogP contribution in [0, 0.1) is 5.82 Å². The van der Waals surface area contributed by atoms with Crippen molar-refractivity contribution in [2.45, 2.75) is 32.2 Å². The first-order valence-electron chi connectivity index (χ1n) is 9.04. The zero-order valence-electron chi connectivity index (χ0n) is 14.8. The maximum Gasteiger partial charge on any atom is 0.352 e. The predicted molar refractivity (Wildman–Crippen MR) is 104 cm³/mol. The molecule has 7 nitrogen and oxygen atoms in total. The van der Waals surface area contributed by atoms with Crippen LogP contribution in [0.2, 0.25) is 0 Å². The molecule has 3 heterocycles. The first-order chi connectivity index (χ1) is 13.6. The summed E-state index contributed by atoms with van der Waals surface area (Å²) in [6, 6.07) is 5.44. The Kier molecular flexibility index (Phi) is 3.97. The molecule has 28 heavy (non-hydrogen) atoms. The standard InChI is InChI=1S/C19H16FN5O2S/c20-11-5-7-12(8-6-11)22-15(26)9-25-19(27)24-10-21-18-16(17(24)23-25)13-3-1-2-4-14(13)28-18/h5-8,10H,1-4,9H2,(H,22,26). The molecule has 1 aliphatic rings.